The fraction of sp³-hybridized carbons (Fsp3) is 0.426. The average molecular weight is 1240 g/mol. The van der Waals surface area contributed by atoms with Crippen LogP contribution in [-0.2, 0) is 65.5 Å². The van der Waals surface area contributed by atoms with Crippen LogP contribution in [0.1, 0.15) is 68.7 Å². The Kier molecular flexibility index (Phi) is 22.1. The molecule has 5 aromatic rings. The molecule has 0 saturated carbocycles. The number of benzene rings is 4. The highest BCUT2D eigenvalue weighted by atomic mass is 32.2. The Bertz CT molecular complexity index is 3190. The lowest BCUT2D eigenvalue weighted by atomic mass is 9.84. The van der Waals surface area contributed by atoms with Crippen molar-refractivity contribution in [1.29, 1.82) is 0 Å². The van der Waals surface area contributed by atoms with E-state index >= 15 is 0 Å². The highest BCUT2D eigenvalue weighted by Gasteiger charge is 2.46. The SMILES string of the molecule is CC[C@H](C)[C@@H]1NC(=O)CNC(=O)[C@@H]2Cc3c([nH]c4cc(OCCCSC(c5ccccc5)(c5ccccc5)c5ccccc5)ccc34)[S+](O)CC(NC(=O)CNC1=O)C(=O)N[C@@H](CC(N)=O)C(=O)N1CC(O)C[C@H]1C(=O)N[C@@H]([C@@H](C)[C@@H](O)CO)C(=O)N2. The van der Waals surface area contributed by atoms with Crippen LogP contribution in [0.25, 0.3) is 10.9 Å². The van der Waals surface area contributed by atoms with Crippen molar-refractivity contribution in [2.24, 2.45) is 17.6 Å². The standard InChI is InChI=1S/C61H74N10O14S2/c1-4-34(2)52-57(81)64-29-50(76)65-46-33-87(84)59-42(41-22-21-40(26-43(41)68-59)85-23-14-24-86-61(36-15-8-5-9-16-36,37-17-10-6-11-18-37)38-19-12-7-13-20-38)27-44(54(78)63-30-51(77)69-52)66-58(82)53(35(3)48(74)32-72)70-56(80)47-25-39(73)31-71(47)60(83)45(28-49(62)75)67-55(46)79/h5-13,15-22,26,34-35,39,44-48,52-53,68,72-74,84H,4,14,23-25,27-33H2,1-3H3,(H8-,62,63,64,65,66,67,69,70,75,76,77,78,79,80,81,82)/p+1/t34-,35-,39?,44-,45-,46?,47-,48-,52-,53-,87?/m0/s1. The number of fused-ring (bicyclic) bond motifs is 5. The summed E-state index contributed by atoms with van der Waals surface area (Å²) in [5, 5.41) is 50.1. The number of hydrogen-bond donors (Lipinski definition) is 13. The smallest absolute Gasteiger partial charge is 0.264 e. The van der Waals surface area contributed by atoms with Crippen LogP contribution in [0.3, 0.4) is 0 Å². The van der Waals surface area contributed by atoms with Crippen molar-refractivity contribution < 1.29 is 67.8 Å². The molecule has 464 valence electrons. The van der Waals surface area contributed by atoms with Gasteiger partial charge < -0.3 is 72.9 Å². The summed E-state index contributed by atoms with van der Waals surface area (Å²) in [6, 6.07) is 25.9. The fourth-order valence-corrected chi connectivity index (χ4v) is 13.9. The minimum absolute atomic E-state index is 0.00557. The van der Waals surface area contributed by atoms with Crippen LogP contribution in [0.4, 0.5) is 0 Å². The Hall–Kier alpha value is -8.01. The molecule has 1 aromatic heterocycles. The zero-order valence-corrected chi connectivity index (χ0v) is 50.0. The molecule has 1 fully saturated rings. The molecule has 0 aliphatic carbocycles. The molecule has 3 unspecified atom stereocenters. The Balaban J connectivity index is 1.19. The van der Waals surface area contributed by atoms with Crippen molar-refractivity contribution in [1.82, 2.24) is 47.1 Å². The van der Waals surface area contributed by atoms with Crippen molar-refractivity contribution >= 4 is 87.0 Å². The second kappa shape index (κ2) is 29.6. The third-order valence-electron chi connectivity index (χ3n) is 16.0. The number of rotatable bonds is 16. The van der Waals surface area contributed by atoms with E-state index in [0.29, 0.717) is 35.2 Å². The number of aliphatic hydroxyl groups excluding tert-OH is 3. The molecule has 2 bridgehead atoms. The Labute approximate surface area is 509 Å². The number of primary amides is 1. The molecule has 0 spiro atoms. The molecule has 11 atom stereocenters. The highest BCUT2D eigenvalue weighted by Crippen LogP contribution is 2.48. The molecule has 24 nitrogen and oxygen atoms in total. The van der Waals surface area contributed by atoms with Crippen molar-refractivity contribution in [3.05, 3.63) is 131 Å². The Morgan fingerprint density at radius 2 is 1.37 bits per heavy atom. The normalized spacial score (nSPS) is 24.1. The summed E-state index contributed by atoms with van der Waals surface area (Å²) in [7, 11) is 0. The molecule has 9 amide bonds. The largest absolute Gasteiger partial charge is 0.493 e. The van der Waals surface area contributed by atoms with E-state index < -0.39 is 181 Å². The molecule has 87 heavy (non-hydrogen) atoms. The number of carbonyl (C=O) groups excluding carboxylic acids is 9. The van der Waals surface area contributed by atoms with E-state index in [0.717, 1.165) is 21.6 Å². The number of thioether (sulfide) groups is 1. The summed E-state index contributed by atoms with van der Waals surface area (Å²) in [4.78, 5) is 131. The van der Waals surface area contributed by atoms with Gasteiger partial charge in [0.1, 0.15) is 36.0 Å². The highest BCUT2D eigenvalue weighted by molar-refractivity contribution is 8.00. The first-order valence-corrected chi connectivity index (χ1v) is 31.1. The number of aromatic amines is 1. The molecular formula is C61H75N10O14S2+. The maximum atomic E-state index is 14.9. The third-order valence-corrected chi connectivity index (χ3v) is 19.1. The lowest BCUT2D eigenvalue weighted by molar-refractivity contribution is -0.144. The molecule has 14 N–H and O–H groups in total. The minimum atomic E-state index is -2.16. The molecule has 3 aliphatic rings. The molecule has 4 aromatic carbocycles. The fourth-order valence-electron chi connectivity index (χ4n) is 11.0. The number of ether oxygens (including phenoxy) is 1. The Morgan fingerprint density at radius 1 is 0.759 bits per heavy atom. The molecular weight excluding hydrogens is 1160 g/mol. The van der Waals surface area contributed by atoms with E-state index in [-0.39, 0.29) is 17.2 Å². The maximum absolute atomic E-state index is 14.9. The Morgan fingerprint density at radius 3 is 1.97 bits per heavy atom. The van der Waals surface area contributed by atoms with E-state index in [1.165, 1.54) is 6.92 Å². The second-order valence-corrected chi connectivity index (χ2v) is 24.8. The van der Waals surface area contributed by atoms with E-state index in [1.54, 1.807) is 43.8 Å². The number of nitrogens with zero attached hydrogens (tertiary/aromatic N) is 1. The number of nitrogens with one attached hydrogen (secondary N) is 8. The van der Waals surface area contributed by atoms with E-state index in [1.807, 2.05) is 54.6 Å². The van der Waals surface area contributed by atoms with Gasteiger partial charge in [-0.1, -0.05) is 118 Å². The summed E-state index contributed by atoms with van der Waals surface area (Å²) in [6.45, 7) is 2.13. The third kappa shape index (κ3) is 15.6. The van der Waals surface area contributed by atoms with Gasteiger partial charge >= 0.3 is 0 Å². The van der Waals surface area contributed by atoms with Gasteiger partial charge in [0, 0.05) is 42.3 Å². The molecule has 8 rings (SSSR count). The van der Waals surface area contributed by atoms with E-state index in [4.69, 9.17) is 10.5 Å². The summed E-state index contributed by atoms with van der Waals surface area (Å²) in [5.74, 6) is -10.4. The van der Waals surface area contributed by atoms with Crippen molar-refractivity contribution in [3.8, 4) is 5.75 Å². The number of hydrogen-bond acceptors (Lipinski definition) is 15. The van der Waals surface area contributed by atoms with Gasteiger partial charge in [-0.15, -0.1) is 11.8 Å². The summed E-state index contributed by atoms with van der Waals surface area (Å²) < 4.78 is 18.4. The molecule has 1 saturated heterocycles. The van der Waals surface area contributed by atoms with Crippen LogP contribution in [0.15, 0.2) is 114 Å². The van der Waals surface area contributed by atoms with E-state index in [2.05, 4.69) is 78.6 Å². The molecule has 4 heterocycles. The van der Waals surface area contributed by atoms with Gasteiger partial charge in [-0.05, 0) is 46.9 Å². The second-order valence-electron chi connectivity index (χ2n) is 22.0. The number of amides is 9. The first kappa shape index (κ1) is 65.0. The predicted molar refractivity (Wildman–Crippen MR) is 324 cm³/mol. The number of aromatic nitrogens is 1. The number of nitrogens with two attached hydrogens (primary N) is 1. The van der Waals surface area contributed by atoms with Crippen LogP contribution in [0.2, 0.25) is 0 Å². The molecule has 0 radical (unpaired) electrons. The van der Waals surface area contributed by atoms with Crippen molar-refractivity contribution in [2.45, 2.75) is 111 Å². The minimum Gasteiger partial charge on any atom is -0.493 e. The van der Waals surface area contributed by atoms with Crippen molar-refractivity contribution in [3.63, 3.8) is 0 Å². The van der Waals surface area contributed by atoms with Gasteiger partial charge in [0.2, 0.25) is 64.3 Å². The quantitative estimate of drug-likeness (QED) is 0.0357. The molecule has 26 heteroatoms. The number of H-pyrrole nitrogens is 1. The monoisotopic (exact) mass is 1240 g/mol. The van der Waals surface area contributed by atoms with Gasteiger partial charge in [-0.3, -0.25) is 43.2 Å². The topological polar surface area (TPSA) is 373 Å². The first-order chi connectivity index (χ1) is 41.7. The van der Waals surface area contributed by atoms with Gasteiger partial charge in [0.25, 0.3) is 5.03 Å². The van der Waals surface area contributed by atoms with Gasteiger partial charge in [-0.2, -0.15) is 4.55 Å². The average Bonchev–Trinajstić information content (AvgIpc) is 2.24. The first-order valence-electron chi connectivity index (χ1n) is 28.8. The lowest BCUT2D eigenvalue weighted by Crippen LogP contribution is -2.62. The van der Waals surface area contributed by atoms with Gasteiger partial charge in [0.15, 0.2) is 11.8 Å². The zero-order chi connectivity index (χ0) is 62.5. The van der Waals surface area contributed by atoms with Crippen LogP contribution >= 0.6 is 11.8 Å². The summed E-state index contributed by atoms with van der Waals surface area (Å²) >= 11 is -0.389. The number of aliphatic hydroxyl groups is 3. The van der Waals surface area contributed by atoms with Crippen LogP contribution < -0.4 is 47.7 Å². The summed E-state index contributed by atoms with van der Waals surface area (Å²) in [6.07, 6.45) is -3.78. The van der Waals surface area contributed by atoms with Crippen LogP contribution in [0.5, 0.6) is 5.75 Å². The predicted octanol–water partition coefficient (Wildman–Crippen LogP) is 0.211. The van der Waals surface area contributed by atoms with Gasteiger partial charge in [-0.25, -0.2) is 0 Å². The zero-order valence-electron chi connectivity index (χ0n) is 48.4. The summed E-state index contributed by atoms with van der Waals surface area (Å²) in [5.41, 5.74) is 9.45. The number of carbonyl (C=O) groups is 9. The lowest BCUT2D eigenvalue weighted by Gasteiger charge is -2.35. The van der Waals surface area contributed by atoms with Crippen LogP contribution in [0, 0.1) is 11.8 Å². The van der Waals surface area contributed by atoms with Gasteiger partial charge in [0.05, 0.1) is 55.2 Å². The van der Waals surface area contributed by atoms with E-state index in [9.17, 15) is 63.0 Å². The van der Waals surface area contributed by atoms with Crippen molar-refractivity contribution in [2.75, 3.05) is 44.4 Å². The molecule has 3 aliphatic heterocycles. The maximum Gasteiger partial charge on any atom is 0.264 e. The van der Waals surface area contributed by atoms with Crippen LogP contribution in [-0.4, -0.2) is 176 Å².